The monoisotopic (exact) mass is 354 g/mol. The van der Waals surface area contributed by atoms with Crippen LogP contribution in [-0.2, 0) is 18.9 Å². The number of benzene rings is 2. The molecule has 2 saturated heterocycles. The van der Waals surface area contributed by atoms with Gasteiger partial charge in [0.25, 0.3) is 0 Å². The predicted octanol–water partition coefficient (Wildman–Crippen LogP) is 4.31. The highest BCUT2D eigenvalue weighted by molar-refractivity contribution is 5.64. The Balaban J connectivity index is 1.35. The number of ether oxygens (including phenoxy) is 4. The van der Waals surface area contributed by atoms with E-state index >= 15 is 0 Å². The Bertz CT molecular complexity index is 638. The van der Waals surface area contributed by atoms with Gasteiger partial charge >= 0.3 is 0 Å². The summed E-state index contributed by atoms with van der Waals surface area (Å²) in [6, 6.07) is 17.2. The van der Waals surface area contributed by atoms with Gasteiger partial charge in [-0.1, -0.05) is 48.5 Å². The number of hydrogen-bond donors (Lipinski definition) is 0. The van der Waals surface area contributed by atoms with E-state index in [4.69, 9.17) is 18.9 Å². The van der Waals surface area contributed by atoms with Crippen molar-refractivity contribution < 1.29 is 18.9 Å². The van der Waals surface area contributed by atoms with Crippen molar-refractivity contribution in [3.8, 4) is 11.1 Å². The Hall–Kier alpha value is -1.72. The van der Waals surface area contributed by atoms with E-state index < -0.39 is 0 Å². The van der Waals surface area contributed by atoms with E-state index in [1.165, 1.54) is 22.3 Å². The van der Waals surface area contributed by atoms with Gasteiger partial charge in [-0.3, -0.25) is 0 Å². The Morgan fingerprint density at radius 2 is 1.08 bits per heavy atom. The van der Waals surface area contributed by atoms with E-state index in [-0.39, 0.29) is 12.2 Å². The Labute approximate surface area is 155 Å². The lowest BCUT2D eigenvalue weighted by molar-refractivity contribution is 0.0539. The number of epoxide rings is 2. The van der Waals surface area contributed by atoms with Gasteiger partial charge in [-0.05, 0) is 36.1 Å². The van der Waals surface area contributed by atoms with Gasteiger partial charge in [0, 0.05) is 0 Å². The minimum Gasteiger partial charge on any atom is -0.371 e. The lowest BCUT2D eigenvalue weighted by Gasteiger charge is -2.14. The third-order valence-electron chi connectivity index (χ3n) is 4.96. The summed E-state index contributed by atoms with van der Waals surface area (Å²) in [7, 11) is 0. The van der Waals surface area contributed by atoms with Crippen molar-refractivity contribution >= 4 is 0 Å². The first-order chi connectivity index (χ1) is 12.7. The van der Waals surface area contributed by atoms with Gasteiger partial charge in [-0.15, -0.1) is 0 Å². The summed E-state index contributed by atoms with van der Waals surface area (Å²) in [5.74, 6) is 0. The first-order valence-corrected chi connectivity index (χ1v) is 9.36. The Morgan fingerprint density at radius 3 is 1.38 bits per heavy atom. The molecule has 2 heterocycles. The molecule has 0 bridgehead atoms. The van der Waals surface area contributed by atoms with Crippen molar-refractivity contribution in [3.63, 3.8) is 0 Å². The fourth-order valence-corrected chi connectivity index (χ4v) is 2.92. The van der Waals surface area contributed by atoms with Crippen LogP contribution in [0.5, 0.6) is 0 Å². The van der Waals surface area contributed by atoms with Gasteiger partial charge in [-0.2, -0.15) is 0 Å². The lowest BCUT2D eigenvalue weighted by Crippen LogP contribution is -2.06. The maximum atomic E-state index is 5.84. The third-order valence-corrected chi connectivity index (χ3v) is 4.96. The van der Waals surface area contributed by atoms with Crippen LogP contribution in [-0.4, -0.2) is 38.6 Å². The minimum absolute atomic E-state index is 0.0871. The van der Waals surface area contributed by atoms with E-state index in [9.17, 15) is 0 Å². The standard InChI is InChI=1S/C22H26O4/c1-15(23-11-21-13-25-21)17-3-7-19(8-4-17)20-9-5-18(6-10-20)16(2)24-12-22-14-26-22/h3-10,15-16,21-22H,11-14H2,1-2H3. The number of rotatable bonds is 9. The van der Waals surface area contributed by atoms with Crippen LogP contribution in [0, 0.1) is 0 Å². The van der Waals surface area contributed by atoms with Crippen molar-refractivity contribution in [3.05, 3.63) is 59.7 Å². The molecule has 4 nitrogen and oxygen atoms in total. The first kappa shape index (κ1) is 17.7. The second kappa shape index (κ2) is 7.89. The normalized spacial score (nSPS) is 23.5. The van der Waals surface area contributed by atoms with Crippen LogP contribution < -0.4 is 0 Å². The summed E-state index contributed by atoms with van der Waals surface area (Å²) in [4.78, 5) is 0. The highest BCUT2D eigenvalue weighted by atomic mass is 16.6. The molecule has 0 aliphatic carbocycles. The molecule has 4 atom stereocenters. The second-order valence-corrected chi connectivity index (χ2v) is 7.11. The topological polar surface area (TPSA) is 43.5 Å². The summed E-state index contributed by atoms with van der Waals surface area (Å²) in [6.45, 7) is 7.19. The number of hydrogen-bond acceptors (Lipinski definition) is 4. The molecule has 0 saturated carbocycles. The largest absolute Gasteiger partial charge is 0.371 e. The van der Waals surface area contributed by atoms with Crippen molar-refractivity contribution in [1.82, 2.24) is 0 Å². The fourth-order valence-electron chi connectivity index (χ4n) is 2.92. The molecule has 4 rings (SSSR count). The molecule has 4 unspecified atom stereocenters. The molecule has 2 aromatic carbocycles. The summed E-state index contributed by atoms with van der Waals surface area (Å²) in [5.41, 5.74) is 4.79. The van der Waals surface area contributed by atoms with Crippen LogP contribution in [0.3, 0.4) is 0 Å². The van der Waals surface area contributed by atoms with Crippen molar-refractivity contribution in [2.75, 3.05) is 26.4 Å². The average Bonchev–Trinajstić information content (AvgIpc) is 3.59. The third kappa shape index (κ3) is 4.71. The van der Waals surface area contributed by atoms with Gasteiger partial charge in [0.05, 0.1) is 38.6 Å². The van der Waals surface area contributed by atoms with Gasteiger partial charge in [0.1, 0.15) is 12.2 Å². The summed E-state index contributed by atoms with van der Waals surface area (Å²) in [6.07, 6.45) is 0.782. The van der Waals surface area contributed by atoms with E-state index in [0.29, 0.717) is 25.4 Å². The lowest BCUT2D eigenvalue weighted by atomic mass is 10.00. The van der Waals surface area contributed by atoms with Gasteiger partial charge in [0.2, 0.25) is 0 Å². The zero-order valence-corrected chi connectivity index (χ0v) is 15.4. The molecule has 2 aliphatic rings. The van der Waals surface area contributed by atoms with Crippen LogP contribution in [0.1, 0.15) is 37.2 Å². The zero-order chi connectivity index (χ0) is 17.9. The molecule has 2 aliphatic heterocycles. The Kier molecular flexibility index (Phi) is 5.36. The summed E-state index contributed by atoms with van der Waals surface area (Å²) in [5, 5.41) is 0. The van der Waals surface area contributed by atoms with Crippen molar-refractivity contribution in [2.24, 2.45) is 0 Å². The highest BCUT2D eigenvalue weighted by Gasteiger charge is 2.24. The maximum absolute atomic E-state index is 5.84. The van der Waals surface area contributed by atoms with E-state index in [0.717, 1.165) is 13.2 Å². The molecule has 0 aromatic heterocycles. The maximum Gasteiger partial charge on any atom is 0.104 e. The molecule has 0 N–H and O–H groups in total. The molecule has 2 aromatic rings. The van der Waals surface area contributed by atoms with Gasteiger partial charge < -0.3 is 18.9 Å². The van der Waals surface area contributed by atoms with Crippen LogP contribution in [0.15, 0.2) is 48.5 Å². The minimum atomic E-state index is 0.0871. The smallest absolute Gasteiger partial charge is 0.104 e. The zero-order valence-electron chi connectivity index (χ0n) is 15.4. The van der Waals surface area contributed by atoms with Crippen LogP contribution in [0.25, 0.3) is 11.1 Å². The fraction of sp³-hybridized carbons (Fsp3) is 0.455. The van der Waals surface area contributed by atoms with Crippen molar-refractivity contribution in [1.29, 1.82) is 0 Å². The van der Waals surface area contributed by atoms with Crippen LogP contribution >= 0.6 is 0 Å². The molecule has 2 fully saturated rings. The van der Waals surface area contributed by atoms with E-state index in [2.05, 4.69) is 62.4 Å². The quantitative estimate of drug-likeness (QED) is 0.630. The molecule has 0 radical (unpaired) electrons. The van der Waals surface area contributed by atoms with E-state index in [1.54, 1.807) is 0 Å². The molecule has 0 spiro atoms. The first-order valence-electron chi connectivity index (χ1n) is 9.36. The summed E-state index contributed by atoms with van der Waals surface area (Å²) >= 11 is 0. The molecule has 138 valence electrons. The average molecular weight is 354 g/mol. The second-order valence-electron chi connectivity index (χ2n) is 7.11. The highest BCUT2D eigenvalue weighted by Crippen LogP contribution is 2.27. The van der Waals surface area contributed by atoms with Gasteiger partial charge in [-0.25, -0.2) is 0 Å². The van der Waals surface area contributed by atoms with Crippen molar-refractivity contribution in [2.45, 2.75) is 38.3 Å². The van der Waals surface area contributed by atoms with Crippen LogP contribution in [0.4, 0.5) is 0 Å². The molecular weight excluding hydrogens is 328 g/mol. The molecule has 0 amide bonds. The molecular formula is C22H26O4. The van der Waals surface area contributed by atoms with E-state index in [1.807, 2.05) is 0 Å². The SMILES string of the molecule is CC(OCC1CO1)c1ccc(-c2ccc(C(C)OCC3CO3)cc2)cc1. The Morgan fingerprint density at radius 1 is 0.731 bits per heavy atom. The van der Waals surface area contributed by atoms with Gasteiger partial charge in [0.15, 0.2) is 0 Å². The molecule has 26 heavy (non-hydrogen) atoms. The summed E-state index contributed by atoms with van der Waals surface area (Å²) < 4.78 is 22.0. The predicted molar refractivity (Wildman–Crippen MR) is 100 cm³/mol. The van der Waals surface area contributed by atoms with Crippen LogP contribution in [0.2, 0.25) is 0 Å². The molecule has 4 heteroatoms.